The van der Waals surface area contributed by atoms with Crippen LogP contribution in [0.4, 0.5) is 0 Å². The van der Waals surface area contributed by atoms with E-state index in [4.69, 9.17) is 21.3 Å². The molecule has 0 saturated carbocycles. The molecule has 3 aromatic carbocycles. The normalized spacial score (nSPS) is 11.0. The van der Waals surface area contributed by atoms with E-state index >= 15 is 0 Å². The standard InChI is InChI=1S/C27H19ClN2O3/c1-16-7-12-20(13-21(16)27(31)32)33-25-15-24-23(29-25)14-22(28)26(30-24)19-10-8-18(9-11-19)17-5-3-2-4-6-17/h2-15,29H,1H3,(H,31,32). The molecule has 6 heteroatoms. The summed E-state index contributed by atoms with van der Waals surface area (Å²) in [7, 11) is 0. The molecule has 0 amide bonds. The second kappa shape index (κ2) is 8.45. The van der Waals surface area contributed by atoms with Gasteiger partial charge >= 0.3 is 5.97 Å². The van der Waals surface area contributed by atoms with Crippen LogP contribution in [0, 0.1) is 6.92 Å². The number of ether oxygens (including phenoxy) is 1. The van der Waals surface area contributed by atoms with Gasteiger partial charge in [-0.25, -0.2) is 9.78 Å². The van der Waals surface area contributed by atoms with E-state index in [1.807, 2.05) is 36.4 Å². The maximum absolute atomic E-state index is 11.4. The number of nitrogens with one attached hydrogen (secondary N) is 1. The largest absolute Gasteiger partial charge is 0.478 e. The number of nitrogens with zero attached hydrogens (tertiary/aromatic N) is 1. The van der Waals surface area contributed by atoms with Crippen molar-refractivity contribution in [1.82, 2.24) is 9.97 Å². The second-order valence-corrected chi connectivity index (χ2v) is 8.12. The molecule has 0 saturated heterocycles. The molecule has 33 heavy (non-hydrogen) atoms. The summed E-state index contributed by atoms with van der Waals surface area (Å²) in [6.07, 6.45) is 0. The molecule has 0 fully saturated rings. The molecule has 0 aliphatic heterocycles. The number of carbonyl (C=O) groups is 1. The first-order valence-corrected chi connectivity index (χ1v) is 10.7. The lowest BCUT2D eigenvalue weighted by Crippen LogP contribution is -1.99. The summed E-state index contributed by atoms with van der Waals surface area (Å²) in [5.74, 6) is -0.122. The van der Waals surface area contributed by atoms with Gasteiger partial charge in [0, 0.05) is 11.6 Å². The number of aromatic carboxylic acids is 1. The molecule has 0 aliphatic carbocycles. The quantitative estimate of drug-likeness (QED) is 0.291. The number of carboxylic acids is 1. The van der Waals surface area contributed by atoms with Crippen molar-refractivity contribution in [2.45, 2.75) is 6.92 Å². The lowest BCUT2D eigenvalue weighted by molar-refractivity contribution is 0.0695. The van der Waals surface area contributed by atoms with E-state index in [1.54, 1.807) is 25.1 Å². The number of pyridine rings is 1. The maximum atomic E-state index is 11.4. The van der Waals surface area contributed by atoms with Gasteiger partial charge in [-0.05, 0) is 41.8 Å². The minimum absolute atomic E-state index is 0.200. The van der Waals surface area contributed by atoms with E-state index in [0.717, 1.165) is 22.2 Å². The van der Waals surface area contributed by atoms with Crippen LogP contribution in [0.1, 0.15) is 15.9 Å². The van der Waals surface area contributed by atoms with Gasteiger partial charge < -0.3 is 14.8 Å². The smallest absolute Gasteiger partial charge is 0.336 e. The van der Waals surface area contributed by atoms with E-state index in [1.165, 1.54) is 6.07 Å². The zero-order valence-corrected chi connectivity index (χ0v) is 18.4. The predicted molar refractivity (Wildman–Crippen MR) is 130 cm³/mol. The summed E-state index contributed by atoms with van der Waals surface area (Å²) >= 11 is 6.55. The van der Waals surface area contributed by atoms with Crippen molar-refractivity contribution in [3.8, 4) is 34.0 Å². The number of aryl methyl sites for hydroxylation is 1. The Morgan fingerprint density at radius 3 is 2.33 bits per heavy atom. The van der Waals surface area contributed by atoms with Crippen molar-refractivity contribution in [3.05, 3.63) is 101 Å². The number of H-pyrrole nitrogens is 1. The van der Waals surface area contributed by atoms with Crippen LogP contribution >= 0.6 is 11.6 Å². The van der Waals surface area contributed by atoms with Crippen molar-refractivity contribution in [2.75, 3.05) is 0 Å². The van der Waals surface area contributed by atoms with E-state index in [9.17, 15) is 9.90 Å². The van der Waals surface area contributed by atoms with E-state index in [0.29, 0.717) is 33.4 Å². The van der Waals surface area contributed by atoms with Crippen molar-refractivity contribution in [2.24, 2.45) is 0 Å². The predicted octanol–water partition coefficient (Wildman–Crippen LogP) is 7.35. The average Bonchev–Trinajstić information content (AvgIpc) is 3.21. The first kappa shape index (κ1) is 20.8. The van der Waals surface area contributed by atoms with Crippen LogP contribution in [-0.2, 0) is 0 Å². The monoisotopic (exact) mass is 454 g/mol. The average molecular weight is 455 g/mol. The zero-order chi connectivity index (χ0) is 22.9. The van der Waals surface area contributed by atoms with Crippen LogP contribution in [0.15, 0.2) is 84.9 Å². The highest BCUT2D eigenvalue weighted by atomic mass is 35.5. The zero-order valence-electron chi connectivity index (χ0n) is 17.7. The third kappa shape index (κ3) is 4.19. The van der Waals surface area contributed by atoms with Crippen molar-refractivity contribution < 1.29 is 14.6 Å². The molecule has 2 N–H and O–H groups in total. The molecular formula is C27H19ClN2O3. The Hall–Kier alpha value is -4.09. The summed E-state index contributed by atoms with van der Waals surface area (Å²) in [5.41, 5.74) is 6.15. The summed E-state index contributed by atoms with van der Waals surface area (Å²) in [6, 6.07) is 26.8. The van der Waals surface area contributed by atoms with Crippen molar-refractivity contribution in [1.29, 1.82) is 0 Å². The van der Waals surface area contributed by atoms with Gasteiger partial charge in [-0.2, -0.15) is 0 Å². The van der Waals surface area contributed by atoms with Gasteiger partial charge in [0.1, 0.15) is 5.75 Å². The van der Waals surface area contributed by atoms with E-state index in [-0.39, 0.29) is 5.56 Å². The van der Waals surface area contributed by atoms with Gasteiger partial charge in [-0.15, -0.1) is 0 Å². The molecule has 162 valence electrons. The van der Waals surface area contributed by atoms with Crippen LogP contribution in [0.2, 0.25) is 5.02 Å². The molecule has 5 aromatic rings. The van der Waals surface area contributed by atoms with Gasteiger partial charge in [0.05, 0.1) is 27.3 Å². The molecule has 0 bridgehead atoms. The van der Waals surface area contributed by atoms with Crippen LogP contribution in [-0.4, -0.2) is 21.0 Å². The molecule has 2 heterocycles. The Morgan fingerprint density at radius 1 is 0.909 bits per heavy atom. The minimum atomic E-state index is -0.994. The number of halogens is 1. The van der Waals surface area contributed by atoms with Crippen LogP contribution in [0.5, 0.6) is 11.6 Å². The lowest BCUT2D eigenvalue weighted by atomic mass is 10.0. The molecule has 0 aliphatic rings. The molecule has 5 nitrogen and oxygen atoms in total. The second-order valence-electron chi connectivity index (χ2n) is 7.71. The SMILES string of the molecule is Cc1ccc(Oc2cc3nc(-c4ccc(-c5ccccc5)cc4)c(Cl)cc3[nH]2)cc1C(=O)O. The molecule has 0 atom stereocenters. The highest BCUT2D eigenvalue weighted by Gasteiger charge is 2.13. The summed E-state index contributed by atoms with van der Waals surface area (Å²) in [6.45, 7) is 1.75. The fraction of sp³-hybridized carbons (Fsp3) is 0.0370. The fourth-order valence-electron chi connectivity index (χ4n) is 3.74. The van der Waals surface area contributed by atoms with Crippen LogP contribution in [0.25, 0.3) is 33.4 Å². The Balaban J connectivity index is 1.45. The third-order valence-electron chi connectivity index (χ3n) is 5.46. The Labute approximate surface area is 195 Å². The number of aromatic amines is 1. The van der Waals surface area contributed by atoms with Gasteiger partial charge in [0.15, 0.2) is 5.88 Å². The summed E-state index contributed by atoms with van der Waals surface area (Å²) in [4.78, 5) is 19.3. The highest BCUT2D eigenvalue weighted by Crippen LogP contribution is 2.33. The van der Waals surface area contributed by atoms with Gasteiger partial charge in [0.2, 0.25) is 0 Å². The molecule has 0 spiro atoms. The van der Waals surface area contributed by atoms with Crippen LogP contribution < -0.4 is 4.74 Å². The molecule has 0 radical (unpaired) electrons. The molecule has 0 unspecified atom stereocenters. The Morgan fingerprint density at radius 2 is 1.61 bits per heavy atom. The first-order chi connectivity index (χ1) is 16.0. The van der Waals surface area contributed by atoms with Gasteiger partial charge in [0.25, 0.3) is 0 Å². The Kier molecular flexibility index (Phi) is 5.32. The number of hydrogen-bond donors (Lipinski definition) is 2. The van der Waals surface area contributed by atoms with Crippen molar-refractivity contribution >= 4 is 28.6 Å². The number of hydrogen-bond acceptors (Lipinski definition) is 3. The summed E-state index contributed by atoms with van der Waals surface area (Å²) in [5, 5.41) is 9.85. The maximum Gasteiger partial charge on any atom is 0.336 e. The number of carboxylic acid groups (broad SMARTS) is 1. The minimum Gasteiger partial charge on any atom is -0.478 e. The molecule has 2 aromatic heterocycles. The molecular weight excluding hydrogens is 436 g/mol. The topological polar surface area (TPSA) is 75.2 Å². The number of fused-ring (bicyclic) bond motifs is 1. The van der Waals surface area contributed by atoms with Crippen LogP contribution in [0.3, 0.4) is 0 Å². The number of benzene rings is 3. The Bertz CT molecular complexity index is 1480. The van der Waals surface area contributed by atoms with E-state index in [2.05, 4.69) is 29.2 Å². The van der Waals surface area contributed by atoms with Gasteiger partial charge in [-0.1, -0.05) is 72.3 Å². The van der Waals surface area contributed by atoms with Crippen molar-refractivity contribution in [3.63, 3.8) is 0 Å². The number of rotatable bonds is 5. The lowest BCUT2D eigenvalue weighted by Gasteiger charge is -2.06. The van der Waals surface area contributed by atoms with Gasteiger partial charge in [-0.3, -0.25) is 0 Å². The highest BCUT2D eigenvalue weighted by molar-refractivity contribution is 6.33. The summed E-state index contributed by atoms with van der Waals surface area (Å²) < 4.78 is 5.86. The third-order valence-corrected chi connectivity index (χ3v) is 5.75. The van der Waals surface area contributed by atoms with E-state index < -0.39 is 5.97 Å². The first-order valence-electron chi connectivity index (χ1n) is 10.3. The number of aromatic nitrogens is 2. The fourth-order valence-corrected chi connectivity index (χ4v) is 4.00. The molecule has 5 rings (SSSR count).